The van der Waals surface area contributed by atoms with Crippen LogP contribution in [0.1, 0.15) is 56.1 Å². The number of benzene rings is 5. The van der Waals surface area contributed by atoms with Crippen LogP contribution in [0.4, 0.5) is 28.4 Å². The van der Waals surface area contributed by atoms with Gasteiger partial charge in [0, 0.05) is 39.5 Å². The van der Waals surface area contributed by atoms with Crippen molar-refractivity contribution in [1.29, 1.82) is 0 Å². The molecule has 0 atom stereocenters. The number of hydrogen-bond acceptors (Lipinski definition) is 2. The summed E-state index contributed by atoms with van der Waals surface area (Å²) in [5.41, 5.74) is 10.1. The van der Waals surface area contributed by atoms with Gasteiger partial charge in [0.25, 0.3) is 0 Å². The minimum atomic E-state index is 0.0290. The second-order valence-electron chi connectivity index (χ2n) is 12.0. The Bertz CT molecular complexity index is 1660. The van der Waals surface area contributed by atoms with Gasteiger partial charge in [-0.15, -0.1) is 0 Å². The molecular formula is C42H40N2. The molecule has 0 heterocycles. The molecule has 0 N–H and O–H groups in total. The Balaban J connectivity index is 1.24. The van der Waals surface area contributed by atoms with E-state index in [2.05, 4.69) is 168 Å². The zero-order valence-electron chi connectivity index (χ0n) is 25.4. The monoisotopic (exact) mass is 572 g/mol. The summed E-state index contributed by atoms with van der Waals surface area (Å²) < 4.78 is 0. The van der Waals surface area contributed by atoms with Crippen LogP contribution in [0, 0.1) is 0 Å². The van der Waals surface area contributed by atoms with Crippen molar-refractivity contribution in [3.05, 3.63) is 175 Å². The number of hydrogen-bond donors (Lipinski definition) is 0. The van der Waals surface area contributed by atoms with Crippen LogP contribution >= 0.6 is 0 Å². The molecule has 7 rings (SSSR count). The third-order valence-electron chi connectivity index (χ3n) is 9.34. The van der Waals surface area contributed by atoms with Crippen LogP contribution in [0.5, 0.6) is 0 Å². The summed E-state index contributed by atoms with van der Waals surface area (Å²) >= 11 is 0. The molecule has 0 aromatic heterocycles. The van der Waals surface area contributed by atoms with Crippen molar-refractivity contribution in [3.8, 4) is 0 Å². The van der Waals surface area contributed by atoms with Crippen molar-refractivity contribution >= 4 is 28.4 Å². The molecule has 0 radical (unpaired) electrons. The summed E-state index contributed by atoms with van der Waals surface area (Å²) in [5, 5.41) is 0. The Hall–Kier alpha value is -4.82. The third kappa shape index (κ3) is 5.61. The lowest BCUT2D eigenvalue weighted by molar-refractivity contribution is 0.346. The molecule has 0 bridgehead atoms. The van der Waals surface area contributed by atoms with Crippen molar-refractivity contribution < 1.29 is 0 Å². The Morgan fingerprint density at radius 2 is 0.841 bits per heavy atom. The van der Waals surface area contributed by atoms with Gasteiger partial charge in [0.05, 0.1) is 0 Å². The van der Waals surface area contributed by atoms with Gasteiger partial charge in [0.15, 0.2) is 0 Å². The first-order valence-corrected chi connectivity index (χ1v) is 16.2. The molecule has 0 spiro atoms. The number of anilines is 5. The van der Waals surface area contributed by atoms with E-state index in [1.165, 1.54) is 77.4 Å². The first-order valence-electron chi connectivity index (χ1n) is 16.2. The van der Waals surface area contributed by atoms with Crippen LogP contribution in [0.3, 0.4) is 0 Å². The molecular weight excluding hydrogens is 532 g/mol. The highest BCUT2D eigenvalue weighted by Gasteiger charge is 2.36. The zero-order valence-corrected chi connectivity index (χ0v) is 25.4. The van der Waals surface area contributed by atoms with E-state index in [4.69, 9.17) is 0 Å². The highest BCUT2D eigenvalue weighted by atomic mass is 15.1. The Labute approximate surface area is 262 Å². The molecule has 0 aliphatic heterocycles. The zero-order chi connectivity index (χ0) is 29.6. The Kier molecular flexibility index (Phi) is 8.15. The average molecular weight is 573 g/mol. The Morgan fingerprint density at radius 3 is 1.30 bits per heavy atom. The van der Waals surface area contributed by atoms with Gasteiger partial charge < -0.3 is 9.80 Å². The number of rotatable bonds is 8. The van der Waals surface area contributed by atoms with Crippen LogP contribution in [-0.4, -0.2) is 0 Å². The summed E-state index contributed by atoms with van der Waals surface area (Å²) in [5.74, 6) is 0. The van der Waals surface area contributed by atoms with E-state index in [1.807, 2.05) is 0 Å². The predicted octanol–water partition coefficient (Wildman–Crippen LogP) is 11.8. The quantitative estimate of drug-likeness (QED) is 0.182. The van der Waals surface area contributed by atoms with E-state index in [9.17, 15) is 0 Å². The minimum absolute atomic E-state index is 0.0290. The molecule has 1 fully saturated rings. The summed E-state index contributed by atoms with van der Waals surface area (Å²) in [6.45, 7) is 0. The van der Waals surface area contributed by atoms with E-state index in [0.29, 0.717) is 0 Å². The van der Waals surface area contributed by atoms with Gasteiger partial charge in [-0.1, -0.05) is 110 Å². The standard InChI is InChI=1S/C42H40N2/c1-6-16-36(17-7-1)43(37-18-8-2-9-19-37)40-28-24-34(25-29-40)42(32-14-5-15-33-42)35-26-30-41(31-27-35)44(38-20-10-3-11-21-38)39-22-12-4-13-23-39/h1-3,6-12,16-31H,4-5,13-15,32-33H2. The molecule has 2 aliphatic carbocycles. The molecule has 2 aliphatic rings. The fraction of sp³-hybridized carbons (Fsp3) is 0.190. The van der Waals surface area contributed by atoms with Crippen molar-refractivity contribution in [2.45, 2.75) is 50.4 Å². The number of para-hydroxylation sites is 3. The first kappa shape index (κ1) is 28.0. The normalized spacial score (nSPS) is 15.8. The third-order valence-corrected chi connectivity index (χ3v) is 9.34. The van der Waals surface area contributed by atoms with Gasteiger partial charge >= 0.3 is 0 Å². The smallest absolute Gasteiger partial charge is 0.0461 e. The summed E-state index contributed by atoms with van der Waals surface area (Å²) in [4.78, 5) is 4.74. The molecule has 5 aromatic carbocycles. The van der Waals surface area contributed by atoms with Gasteiger partial charge in [-0.05, 0) is 104 Å². The lowest BCUT2D eigenvalue weighted by Gasteiger charge is -2.39. The van der Waals surface area contributed by atoms with E-state index in [0.717, 1.165) is 12.8 Å². The van der Waals surface area contributed by atoms with Gasteiger partial charge in [-0.25, -0.2) is 0 Å². The minimum Gasteiger partial charge on any atom is -0.311 e. The van der Waals surface area contributed by atoms with Crippen molar-refractivity contribution in [2.75, 3.05) is 9.80 Å². The molecule has 5 aromatic rings. The molecule has 1 saturated carbocycles. The van der Waals surface area contributed by atoms with Crippen LogP contribution in [0.25, 0.3) is 0 Å². The number of allylic oxidation sites excluding steroid dienone is 3. The highest BCUT2D eigenvalue weighted by molar-refractivity contribution is 5.76. The highest BCUT2D eigenvalue weighted by Crippen LogP contribution is 2.46. The van der Waals surface area contributed by atoms with E-state index in [-0.39, 0.29) is 5.41 Å². The lowest BCUT2D eigenvalue weighted by atomic mass is 9.65. The maximum Gasteiger partial charge on any atom is 0.0461 e. The Morgan fingerprint density at radius 1 is 0.409 bits per heavy atom. The second kappa shape index (κ2) is 12.8. The molecule has 2 heteroatoms. The number of nitrogens with zero attached hydrogens (tertiary/aromatic N) is 2. The van der Waals surface area contributed by atoms with Crippen molar-refractivity contribution in [1.82, 2.24) is 0 Å². The topological polar surface area (TPSA) is 6.48 Å². The molecule has 0 amide bonds. The van der Waals surface area contributed by atoms with Crippen LogP contribution in [0.2, 0.25) is 0 Å². The van der Waals surface area contributed by atoms with Gasteiger partial charge in [0.1, 0.15) is 0 Å². The fourth-order valence-electron chi connectivity index (χ4n) is 7.15. The predicted molar refractivity (Wildman–Crippen MR) is 186 cm³/mol. The average Bonchev–Trinajstić information content (AvgIpc) is 3.11. The van der Waals surface area contributed by atoms with E-state index >= 15 is 0 Å². The van der Waals surface area contributed by atoms with Gasteiger partial charge in [0.2, 0.25) is 0 Å². The summed E-state index contributed by atoms with van der Waals surface area (Å²) in [6, 6.07) is 51.0. The van der Waals surface area contributed by atoms with Crippen molar-refractivity contribution in [3.63, 3.8) is 0 Å². The molecule has 2 nitrogen and oxygen atoms in total. The second-order valence-corrected chi connectivity index (χ2v) is 12.0. The van der Waals surface area contributed by atoms with E-state index in [1.54, 1.807) is 0 Å². The molecule has 44 heavy (non-hydrogen) atoms. The fourth-order valence-corrected chi connectivity index (χ4v) is 7.15. The van der Waals surface area contributed by atoms with Gasteiger partial charge in [-0.2, -0.15) is 0 Å². The summed E-state index contributed by atoms with van der Waals surface area (Å²) in [6.07, 6.45) is 15.3. The molecule has 0 saturated heterocycles. The molecule has 0 unspecified atom stereocenters. The van der Waals surface area contributed by atoms with Crippen LogP contribution in [-0.2, 0) is 5.41 Å². The maximum absolute atomic E-state index is 2.40. The first-order chi connectivity index (χ1) is 21.8. The summed E-state index contributed by atoms with van der Waals surface area (Å²) in [7, 11) is 0. The largest absolute Gasteiger partial charge is 0.311 e. The molecule has 218 valence electrons. The van der Waals surface area contributed by atoms with E-state index < -0.39 is 0 Å². The lowest BCUT2D eigenvalue weighted by Crippen LogP contribution is -2.30. The maximum atomic E-state index is 2.40. The van der Waals surface area contributed by atoms with Crippen molar-refractivity contribution in [2.24, 2.45) is 0 Å². The van der Waals surface area contributed by atoms with Crippen LogP contribution < -0.4 is 9.80 Å². The SMILES string of the molecule is C1=CC(N(c2ccccc2)c2ccc(C3(c4ccc(N(c5ccccc5)c5ccccc5)cc4)CCCCC3)cc2)=CCC1. The van der Waals surface area contributed by atoms with Crippen LogP contribution in [0.15, 0.2) is 163 Å². The van der Waals surface area contributed by atoms with Gasteiger partial charge in [-0.3, -0.25) is 0 Å².